The van der Waals surface area contributed by atoms with E-state index in [0.717, 1.165) is 15.7 Å². The van der Waals surface area contributed by atoms with E-state index in [4.69, 9.17) is 5.26 Å². The second-order valence-electron chi connectivity index (χ2n) is 1.63. The van der Waals surface area contributed by atoms with Gasteiger partial charge in [-0.05, 0) is 0 Å². The van der Waals surface area contributed by atoms with E-state index in [-0.39, 0.29) is 5.57 Å². The van der Waals surface area contributed by atoms with Gasteiger partial charge in [-0.25, -0.2) is 0 Å². The quantitative estimate of drug-likeness (QED) is 0.340. The minimum absolute atomic E-state index is 0.285. The lowest BCUT2D eigenvalue weighted by Crippen LogP contribution is -1.80. The van der Waals surface area contributed by atoms with Crippen LogP contribution < -0.4 is 0 Å². The predicted octanol–water partition coefficient (Wildman–Crippen LogP) is 1.40. The summed E-state index contributed by atoms with van der Waals surface area (Å²) in [6.07, 6.45) is 0.626. The van der Waals surface area contributed by atoms with Crippen LogP contribution in [0.2, 0.25) is 0 Å². The maximum absolute atomic E-state index is 10.2. The molecule has 1 aliphatic rings. The van der Waals surface area contributed by atoms with Gasteiger partial charge in [0.1, 0.15) is 11.6 Å². The van der Waals surface area contributed by atoms with Crippen molar-refractivity contribution in [3.05, 3.63) is 9.81 Å². The number of aldehydes is 1. The van der Waals surface area contributed by atoms with Crippen molar-refractivity contribution in [1.29, 1.82) is 5.26 Å². The molecule has 0 amide bonds. The molecule has 0 aromatic heterocycles. The largest absolute Gasteiger partial charge is 0.297 e. The van der Waals surface area contributed by atoms with Crippen LogP contribution in [0.15, 0.2) is 9.81 Å². The molecule has 1 heterocycles. The summed E-state index contributed by atoms with van der Waals surface area (Å²) in [6.45, 7) is 0. The molecule has 1 fully saturated rings. The van der Waals surface area contributed by atoms with E-state index in [0.29, 0.717) is 6.29 Å². The molecule has 0 atom stereocenters. The van der Waals surface area contributed by atoms with Crippen molar-refractivity contribution in [2.45, 2.75) is 0 Å². The molecule has 0 unspecified atom stereocenters. The summed E-state index contributed by atoms with van der Waals surface area (Å²) >= 11 is 3.18. The zero-order valence-corrected chi connectivity index (χ0v) is 6.80. The number of hydrogen-bond acceptors (Lipinski definition) is 4. The molecule has 0 aliphatic carbocycles. The summed E-state index contributed by atoms with van der Waals surface area (Å²) in [5.74, 6) is 2.03. The summed E-state index contributed by atoms with van der Waals surface area (Å²) in [4.78, 5) is 10.2. The first-order valence-electron chi connectivity index (χ1n) is 2.73. The van der Waals surface area contributed by atoms with Crippen molar-refractivity contribution >= 4 is 29.8 Å². The van der Waals surface area contributed by atoms with Crippen LogP contribution in [0.25, 0.3) is 0 Å². The molecule has 0 bridgehead atoms. The normalized spacial score (nSPS) is 16.5. The highest BCUT2D eigenvalue weighted by molar-refractivity contribution is 8.25. The van der Waals surface area contributed by atoms with E-state index in [2.05, 4.69) is 0 Å². The minimum Gasteiger partial charge on any atom is -0.297 e. The van der Waals surface area contributed by atoms with E-state index in [9.17, 15) is 4.79 Å². The van der Waals surface area contributed by atoms with E-state index >= 15 is 0 Å². The van der Waals surface area contributed by atoms with Gasteiger partial charge in [0, 0.05) is 11.5 Å². The molecule has 4 heteroatoms. The fourth-order valence-corrected chi connectivity index (χ4v) is 2.96. The van der Waals surface area contributed by atoms with E-state index < -0.39 is 0 Å². The van der Waals surface area contributed by atoms with Gasteiger partial charge in [0.15, 0.2) is 6.29 Å². The third-order valence-electron chi connectivity index (χ3n) is 1.01. The number of carbonyl (C=O) groups excluding carboxylic acids is 1. The number of hydrogen-bond donors (Lipinski definition) is 0. The van der Waals surface area contributed by atoms with Crippen LogP contribution in [0, 0.1) is 11.3 Å². The lowest BCUT2D eigenvalue weighted by Gasteiger charge is -1.90. The molecular weight excluding hydrogens is 166 g/mol. The van der Waals surface area contributed by atoms with Gasteiger partial charge in [-0.3, -0.25) is 4.79 Å². The summed E-state index contributed by atoms with van der Waals surface area (Å²) in [7, 11) is 0. The summed E-state index contributed by atoms with van der Waals surface area (Å²) in [6, 6.07) is 1.86. The van der Waals surface area contributed by atoms with Crippen LogP contribution >= 0.6 is 23.5 Å². The smallest absolute Gasteiger partial charge is 0.162 e. The molecule has 0 aromatic carbocycles. The van der Waals surface area contributed by atoms with Crippen molar-refractivity contribution in [3.63, 3.8) is 0 Å². The first-order valence-corrected chi connectivity index (χ1v) is 4.70. The Morgan fingerprint density at radius 3 is 2.60 bits per heavy atom. The highest BCUT2D eigenvalue weighted by Crippen LogP contribution is 2.37. The first-order chi connectivity index (χ1) is 4.88. The Morgan fingerprint density at radius 2 is 2.20 bits per heavy atom. The Balaban J connectivity index is 2.81. The standard InChI is InChI=1S/C6H5NOS2/c7-3-5(4-8)6-9-1-2-10-6/h4H,1-2H2. The van der Waals surface area contributed by atoms with Crippen molar-refractivity contribution in [2.75, 3.05) is 11.5 Å². The Bertz CT molecular complexity index is 208. The zero-order chi connectivity index (χ0) is 7.40. The van der Waals surface area contributed by atoms with Crippen molar-refractivity contribution < 1.29 is 4.79 Å². The Kier molecular flexibility index (Phi) is 2.84. The van der Waals surface area contributed by atoms with Gasteiger partial charge in [0.05, 0.1) is 4.24 Å². The SMILES string of the molecule is N#CC(C=O)=C1SCCS1. The van der Waals surface area contributed by atoms with Crippen molar-refractivity contribution in [2.24, 2.45) is 0 Å². The van der Waals surface area contributed by atoms with Gasteiger partial charge >= 0.3 is 0 Å². The van der Waals surface area contributed by atoms with Crippen LogP contribution in [0.5, 0.6) is 0 Å². The summed E-state index contributed by atoms with van der Waals surface area (Å²) in [5, 5.41) is 8.42. The second-order valence-corrected chi connectivity index (χ2v) is 4.10. The third-order valence-corrected chi connectivity index (χ3v) is 3.75. The van der Waals surface area contributed by atoms with Gasteiger partial charge < -0.3 is 0 Å². The molecule has 0 radical (unpaired) electrons. The van der Waals surface area contributed by atoms with Crippen molar-refractivity contribution in [1.82, 2.24) is 0 Å². The molecule has 1 aliphatic heterocycles. The lowest BCUT2D eigenvalue weighted by atomic mass is 10.4. The van der Waals surface area contributed by atoms with Crippen LogP contribution in [-0.4, -0.2) is 17.8 Å². The Morgan fingerprint density at radius 1 is 1.60 bits per heavy atom. The molecule has 1 rings (SSSR count). The molecule has 52 valence electrons. The van der Waals surface area contributed by atoms with E-state index in [1.54, 1.807) is 23.5 Å². The fourth-order valence-electron chi connectivity index (χ4n) is 0.586. The van der Waals surface area contributed by atoms with Gasteiger partial charge in [-0.2, -0.15) is 5.26 Å². The molecule has 0 N–H and O–H groups in total. The highest BCUT2D eigenvalue weighted by atomic mass is 32.2. The van der Waals surface area contributed by atoms with Crippen LogP contribution in [0.4, 0.5) is 0 Å². The Labute approximate surface area is 67.7 Å². The topological polar surface area (TPSA) is 40.9 Å². The van der Waals surface area contributed by atoms with Crippen LogP contribution in [0.1, 0.15) is 0 Å². The van der Waals surface area contributed by atoms with Gasteiger partial charge in [-0.1, -0.05) is 0 Å². The Hall–Kier alpha value is -0.400. The maximum atomic E-state index is 10.2. The number of nitrogens with zero attached hydrogens (tertiary/aromatic N) is 1. The zero-order valence-electron chi connectivity index (χ0n) is 5.16. The van der Waals surface area contributed by atoms with Crippen LogP contribution in [-0.2, 0) is 4.79 Å². The number of carbonyl (C=O) groups is 1. The first kappa shape index (κ1) is 7.70. The molecule has 10 heavy (non-hydrogen) atoms. The molecule has 0 aromatic rings. The number of rotatable bonds is 1. The highest BCUT2D eigenvalue weighted by Gasteiger charge is 2.12. The maximum Gasteiger partial charge on any atom is 0.162 e. The van der Waals surface area contributed by atoms with E-state index in [1.807, 2.05) is 6.07 Å². The third kappa shape index (κ3) is 1.55. The second kappa shape index (κ2) is 3.69. The van der Waals surface area contributed by atoms with E-state index in [1.165, 1.54) is 0 Å². The average Bonchev–Trinajstić information content (AvgIpc) is 2.43. The molecule has 0 saturated carbocycles. The van der Waals surface area contributed by atoms with Crippen LogP contribution in [0.3, 0.4) is 0 Å². The fraction of sp³-hybridized carbons (Fsp3) is 0.333. The average molecular weight is 171 g/mol. The summed E-state index contributed by atoms with van der Waals surface area (Å²) < 4.78 is 0.887. The molecule has 0 spiro atoms. The monoisotopic (exact) mass is 171 g/mol. The lowest BCUT2D eigenvalue weighted by molar-refractivity contribution is -0.104. The molecule has 1 saturated heterocycles. The molecular formula is C6H5NOS2. The number of nitriles is 1. The number of thioether (sulfide) groups is 2. The van der Waals surface area contributed by atoms with Gasteiger partial charge in [0.2, 0.25) is 0 Å². The number of allylic oxidation sites excluding steroid dienone is 1. The molecule has 2 nitrogen and oxygen atoms in total. The van der Waals surface area contributed by atoms with Gasteiger partial charge in [0.25, 0.3) is 0 Å². The predicted molar refractivity (Wildman–Crippen MR) is 43.6 cm³/mol. The van der Waals surface area contributed by atoms with Gasteiger partial charge in [-0.15, -0.1) is 23.5 Å². The van der Waals surface area contributed by atoms with Crippen molar-refractivity contribution in [3.8, 4) is 6.07 Å². The summed E-state index contributed by atoms with van der Waals surface area (Å²) in [5.41, 5.74) is 0.285. The minimum atomic E-state index is 0.285.